The smallest absolute Gasteiger partial charge is 0.321 e. The number of aliphatic carboxylic acids is 1. The number of carboxylic acid groups (broad SMARTS) is 1. The number of carbonyl (C=O) groups is 1. The summed E-state index contributed by atoms with van der Waals surface area (Å²) < 4.78 is 5.51. The van der Waals surface area contributed by atoms with Crippen LogP contribution in [0.1, 0.15) is 41.2 Å². The summed E-state index contributed by atoms with van der Waals surface area (Å²) in [5.74, 6) is -0.781. The third-order valence-corrected chi connectivity index (χ3v) is 4.78. The molecule has 0 saturated carbocycles. The number of fused-ring (bicyclic) bond motifs is 1. The van der Waals surface area contributed by atoms with Gasteiger partial charge in [-0.05, 0) is 37.4 Å². The highest BCUT2D eigenvalue weighted by atomic mass is 32.1. The summed E-state index contributed by atoms with van der Waals surface area (Å²) in [5, 5.41) is 12.2. The summed E-state index contributed by atoms with van der Waals surface area (Å²) in [6.45, 7) is 2.60. The van der Waals surface area contributed by atoms with Crippen molar-refractivity contribution in [1.82, 2.24) is 5.32 Å². The van der Waals surface area contributed by atoms with Crippen LogP contribution in [0.25, 0.3) is 0 Å². The molecule has 1 aromatic rings. The highest BCUT2D eigenvalue weighted by Gasteiger charge is 2.24. The number of nitrogens with one attached hydrogen (secondary N) is 1. The van der Waals surface area contributed by atoms with E-state index in [1.54, 1.807) is 18.4 Å². The summed E-state index contributed by atoms with van der Waals surface area (Å²) in [5.41, 5.74) is 1.27. The largest absolute Gasteiger partial charge is 0.480 e. The molecule has 5 heteroatoms. The zero-order valence-corrected chi connectivity index (χ0v) is 12.3. The van der Waals surface area contributed by atoms with Gasteiger partial charge in [-0.25, -0.2) is 0 Å². The molecule has 0 aliphatic heterocycles. The van der Waals surface area contributed by atoms with E-state index >= 15 is 0 Å². The van der Waals surface area contributed by atoms with Crippen LogP contribution >= 0.6 is 11.3 Å². The van der Waals surface area contributed by atoms with E-state index < -0.39 is 12.0 Å². The number of aryl methyl sites for hydroxylation is 1. The van der Waals surface area contributed by atoms with Gasteiger partial charge in [-0.15, -0.1) is 11.3 Å². The van der Waals surface area contributed by atoms with Crippen molar-refractivity contribution in [3.8, 4) is 0 Å². The van der Waals surface area contributed by atoms with Crippen molar-refractivity contribution in [2.24, 2.45) is 0 Å². The van der Waals surface area contributed by atoms with E-state index in [4.69, 9.17) is 4.74 Å². The topological polar surface area (TPSA) is 58.6 Å². The van der Waals surface area contributed by atoms with Crippen LogP contribution in [0.4, 0.5) is 0 Å². The predicted octanol–water partition coefficient (Wildman–Crippen LogP) is 2.38. The molecular formula is C14H21NO3S. The highest BCUT2D eigenvalue weighted by molar-refractivity contribution is 7.12. The molecule has 0 amide bonds. The Kier molecular flexibility index (Phi) is 4.96. The van der Waals surface area contributed by atoms with Gasteiger partial charge in [0.2, 0.25) is 0 Å². The second kappa shape index (κ2) is 6.50. The third kappa shape index (κ3) is 3.35. The minimum Gasteiger partial charge on any atom is -0.480 e. The number of methoxy groups -OCH3 is 1. The summed E-state index contributed by atoms with van der Waals surface area (Å²) in [7, 11) is 1.75. The van der Waals surface area contributed by atoms with Crippen molar-refractivity contribution in [3.05, 3.63) is 21.4 Å². The van der Waals surface area contributed by atoms with Gasteiger partial charge in [0, 0.05) is 23.3 Å². The second-order valence-electron chi connectivity index (χ2n) is 4.86. The maximum absolute atomic E-state index is 11.2. The van der Waals surface area contributed by atoms with Gasteiger partial charge in [-0.3, -0.25) is 4.79 Å². The molecule has 4 nitrogen and oxygen atoms in total. The first-order chi connectivity index (χ1) is 9.15. The minimum atomic E-state index is -0.781. The lowest BCUT2D eigenvalue weighted by atomic mass is 9.95. The lowest BCUT2D eigenvalue weighted by Crippen LogP contribution is -2.38. The van der Waals surface area contributed by atoms with Crippen LogP contribution in [0.3, 0.4) is 0 Å². The molecule has 2 atom stereocenters. The molecule has 0 bridgehead atoms. The van der Waals surface area contributed by atoms with Crippen molar-refractivity contribution < 1.29 is 14.6 Å². The first-order valence-electron chi connectivity index (χ1n) is 6.76. The van der Waals surface area contributed by atoms with Gasteiger partial charge in [0.05, 0.1) is 6.10 Å². The van der Waals surface area contributed by atoms with Crippen molar-refractivity contribution >= 4 is 17.3 Å². The Labute approximate surface area is 117 Å². The predicted molar refractivity (Wildman–Crippen MR) is 75.8 cm³/mol. The molecule has 0 spiro atoms. The highest BCUT2D eigenvalue weighted by Crippen LogP contribution is 2.37. The lowest BCUT2D eigenvalue weighted by Gasteiger charge is -2.20. The minimum absolute atomic E-state index is 0.191. The van der Waals surface area contributed by atoms with E-state index in [0.29, 0.717) is 13.0 Å². The first-order valence-corrected chi connectivity index (χ1v) is 7.57. The van der Waals surface area contributed by atoms with E-state index in [0.717, 1.165) is 24.1 Å². The van der Waals surface area contributed by atoms with Crippen LogP contribution in [0.2, 0.25) is 0 Å². The summed E-state index contributed by atoms with van der Waals surface area (Å²) in [6.07, 6.45) is 4.06. The SMILES string of the molecule is CCNC(Cc1cc2c(s1)CCCC2OC)C(=O)O. The van der Waals surface area contributed by atoms with E-state index in [1.807, 2.05) is 6.92 Å². The van der Waals surface area contributed by atoms with Gasteiger partial charge in [-0.2, -0.15) is 0 Å². The molecule has 0 radical (unpaired) electrons. The summed E-state index contributed by atoms with van der Waals surface area (Å²) >= 11 is 1.74. The van der Waals surface area contributed by atoms with Gasteiger partial charge >= 0.3 is 5.97 Å². The Balaban J connectivity index is 2.13. The standard InChI is InChI=1S/C14H21NO3S/c1-3-15-11(14(16)17)8-9-7-10-12(18-2)5-4-6-13(10)19-9/h7,11-12,15H,3-6,8H2,1-2H3,(H,16,17). The van der Waals surface area contributed by atoms with E-state index in [2.05, 4.69) is 11.4 Å². The first kappa shape index (κ1) is 14.5. The molecule has 0 saturated heterocycles. The zero-order chi connectivity index (χ0) is 13.8. The number of likely N-dealkylation sites (N-methyl/N-ethyl adjacent to an activating group) is 1. The number of thiophene rings is 1. The average molecular weight is 283 g/mol. The Bertz CT molecular complexity index is 444. The van der Waals surface area contributed by atoms with Crippen LogP contribution in [0, 0.1) is 0 Å². The van der Waals surface area contributed by atoms with Gasteiger partial charge < -0.3 is 15.2 Å². The summed E-state index contributed by atoms with van der Waals surface area (Å²) in [6, 6.07) is 1.65. The monoisotopic (exact) mass is 283 g/mol. The second-order valence-corrected chi connectivity index (χ2v) is 6.08. The average Bonchev–Trinajstić information content (AvgIpc) is 2.80. The maximum Gasteiger partial charge on any atom is 0.321 e. The van der Waals surface area contributed by atoms with Gasteiger partial charge in [0.1, 0.15) is 6.04 Å². The zero-order valence-electron chi connectivity index (χ0n) is 11.4. The van der Waals surface area contributed by atoms with Gasteiger partial charge in [-0.1, -0.05) is 6.92 Å². The molecule has 2 rings (SSSR count). The molecule has 1 aliphatic carbocycles. The Morgan fingerprint density at radius 3 is 3.11 bits per heavy atom. The third-order valence-electron chi connectivity index (χ3n) is 3.55. The van der Waals surface area contributed by atoms with Crippen LogP contribution in [0.5, 0.6) is 0 Å². The van der Waals surface area contributed by atoms with E-state index in [9.17, 15) is 9.90 Å². The number of ether oxygens (including phenoxy) is 1. The molecular weight excluding hydrogens is 262 g/mol. The number of rotatable bonds is 6. The Morgan fingerprint density at radius 1 is 1.68 bits per heavy atom. The van der Waals surface area contributed by atoms with Crippen molar-refractivity contribution in [3.63, 3.8) is 0 Å². The lowest BCUT2D eigenvalue weighted by molar-refractivity contribution is -0.139. The van der Waals surface area contributed by atoms with Crippen molar-refractivity contribution in [2.75, 3.05) is 13.7 Å². The van der Waals surface area contributed by atoms with Crippen molar-refractivity contribution in [1.29, 1.82) is 0 Å². The van der Waals surface area contributed by atoms with Crippen LogP contribution < -0.4 is 5.32 Å². The maximum atomic E-state index is 11.2. The molecule has 0 aromatic carbocycles. The molecule has 19 heavy (non-hydrogen) atoms. The molecule has 0 fully saturated rings. The van der Waals surface area contributed by atoms with Gasteiger partial charge in [0.25, 0.3) is 0 Å². The van der Waals surface area contributed by atoms with Gasteiger partial charge in [0.15, 0.2) is 0 Å². The normalized spacial score (nSPS) is 20.0. The van der Waals surface area contributed by atoms with Crippen molar-refractivity contribution in [2.45, 2.75) is 44.8 Å². The summed E-state index contributed by atoms with van der Waals surface area (Å²) in [4.78, 5) is 13.7. The molecule has 1 aliphatic rings. The molecule has 106 valence electrons. The van der Waals surface area contributed by atoms with E-state index in [-0.39, 0.29) is 6.10 Å². The Hall–Kier alpha value is -0.910. The quantitative estimate of drug-likeness (QED) is 0.841. The molecule has 1 aromatic heterocycles. The molecule has 1 heterocycles. The Morgan fingerprint density at radius 2 is 2.47 bits per heavy atom. The fourth-order valence-electron chi connectivity index (χ4n) is 2.61. The van der Waals surface area contributed by atoms with E-state index in [1.165, 1.54) is 10.4 Å². The van der Waals surface area contributed by atoms with Crippen LogP contribution in [-0.4, -0.2) is 30.8 Å². The van der Waals surface area contributed by atoms with Crippen LogP contribution in [-0.2, 0) is 22.4 Å². The number of hydrogen-bond acceptors (Lipinski definition) is 4. The fourth-order valence-corrected chi connectivity index (χ4v) is 3.92. The number of hydrogen-bond donors (Lipinski definition) is 2. The fraction of sp³-hybridized carbons (Fsp3) is 0.643. The number of carboxylic acids is 1. The molecule has 2 N–H and O–H groups in total. The molecule has 2 unspecified atom stereocenters. The van der Waals surface area contributed by atoms with Crippen LogP contribution in [0.15, 0.2) is 6.07 Å².